The van der Waals surface area contributed by atoms with Gasteiger partial charge in [0.05, 0.1) is 19.1 Å². The summed E-state index contributed by atoms with van der Waals surface area (Å²) in [5.74, 6) is -1.46. The Morgan fingerprint density at radius 3 is 2.39 bits per heavy atom. The second-order valence-electron chi connectivity index (χ2n) is 7.69. The van der Waals surface area contributed by atoms with Crippen molar-refractivity contribution in [2.45, 2.75) is 25.3 Å². The first-order valence-corrected chi connectivity index (χ1v) is 10.5. The fraction of sp³-hybridized carbons (Fsp3) is 0.231. The zero-order chi connectivity index (χ0) is 23.8. The Hall–Kier alpha value is -4.05. The molecule has 3 unspecified atom stereocenters. The summed E-state index contributed by atoms with van der Waals surface area (Å²) >= 11 is 0. The molecule has 0 fully saturated rings. The molecule has 0 aliphatic heterocycles. The molecule has 3 aromatic rings. The van der Waals surface area contributed by atoms with E-state index in [9.17, 15) is 19.6 Å². The molecule has 6 nitrogen and oxygen atoms in total. The van der Waals surface area contributed by atoms with Crippen molar-refractivity contribution in [1.82, 2.24) is 0 Å². The van der Waals surface area contributed by atoms with Crippen LogP contribution in [-0.4, -0.2) is 24.2 Å². The van der Waals surface area contributed by atoms with Gasteiger partial charge in [0.1, 0.15) is 17.5 Å². The van der Waals surface area contributed by atoms with Gasteiger partial charge >= 0.3 is 5.97 Å². The topological polar surface area (TPSA) is 91.6 Å². The Kier molecular flexibility index (Phi) is 7.87. The SMILES string of the molecule is COc1ccc(NC(C(=O)O)C(C)CC(C#N)c2ccc(F)c(Oc3ccccc3)c2)cc1. The molecule has 0 spiro atoms. The van der Waals surface area contributed by atoms with Crippen LogP contribution < -0.4 is 14.8 Å². The van der Waals surface area contributed by atoms with E-state index in [1.54, 1.807) is 62.6 Å². The molecule has 2 N–H and O–H groups in total. The first-order chi connectivity index (χ1) is 15.9. The molecule has 33 heavy (non-hydrogen) atoms. The normalized spacial score (nSPS) is 13.3. The van der Waals surface area contributed by atoms with Crippen molar-refractivity contribution in [3.63, 3.8) is 0 Å². The van der Waals surface area contributed by atoms with Crippen LogP contribution >= 0.6 is 0 Å². The highest BCUT2D eigenvalue weighted by atomic mass is 19.1. The number of nitrogens with one attached hydrogen (secondary N) is 1. The minimum absolute atomic E-state index is 0.0118. The number of carbonyl (C=O) groups is 1. The van der Waals surface area contributed by atoms with E-state index in [-0.39, 0.29) is 12.2 Å². The molecule has 3 rings (SSSR count). The number of aliphatic carboxylic acids is 1. The molecule has 170 valence electrons. The lowest BCUT2D eigenvalue weighted by atomic mass is 9.86. The number of anilines is 1. The van der Waals surface area contributed by atoms with E-state index in [4.69, 9.17) is 9.47 Å². The second-order valence-corrected chi connectivity index (χ2v) is 7.69. The van der Waals surface area contributed by atoms with Crippen molar-refractivity contribution in [2.24, 2.45) is 5.92 Å². The third kappa shape index (κ3) is 6.23. The molecular formula is C26H25FN2O4. The standard InChI is InChI=1S/C26H25FN2O4/c1-17(25(26(30)31)29-20-9-11-21(32-2)12-10-20)14-19(16-28)18-8-13-23(27)24(15-18)33-22-6-4-3-5-7-22/h3-13,15,17,19,25,29H,14H2,1-2H3,(H,30,31). The average molecular weight is 448 g/mol. The highest BCUT2D eigenvalue weighted by Gasteiger charge is 2.28. The summed E-state index contributed by atoms with van der Waals surface area (Å²) < 4.78 is 25.1. The third-order valence-electron chi connectivity index (χ3n) is 5.34. The third-order valence-corrected chi connectivity index (χ3v) is 5.34. The fourth-order valence-corrected chi connectivity index (χ4v) is 3.52. The van der Waals surface area contributed by atoms with E-state index in [1.165, 1.54) is 18.2 Å². The van der Waals surface area contributed by atoms with Crippen molar-refractivity contribution >= 4 is 11.7 Å². The van der Waals surface area contributed by atoms with Gasteiger partial charge in [-0.05, 0) is 66.4 Å². The van der Waals surface area contributed by atoms with Crippen molar-refractivity contribution in [3.05, 3.63) is 84.2 Å². The largest absolute Gasteiger partial charge is 0.497 e. The molecule has 0 amide bonds. The summed E-state index contributed by atoms with van der Waals surface area (Å²) in [6.45, 7) is 1.77. The molecule has 0 saturated carbocycles. The van der Waals surface area contributed by atoms with Crippen molar-refractivity contribution in [2.75, 3.05) is 12.4 Å². The van der Waals surface area contributed by atoms with Gasteiger partial charge in [0, 0.05) is 5.69 Å². The maximum absolute atomic E-state index is 14.3. The first kappa shape index (κ1) is 23.6. The lowest BCUT2D eigenvalue weighted by Crippen LogP contribution is -2.36. The first-order valence-electron chi connectivity index (χ1n) is 10.5. The molecule has 3 atom stereocenters. The predicted octanol–water partition coefficient (Wildman–Crippen LogP) is 5.83. The number of para-hydroxylation sites is 1. The molecule has 0 aliphatic carbocycles. The van der Waals surface area contributed by atoms with Crippen molar-refractivity contribution < 1.29 is 23.8 Å². The molecule has 0 radical (unpaired) electrons. The number of rotatable bonds is 10. The molecule has 0 saturated heterocycles. The van der Waals surface area contributed by atoms with E-state index in [0.717, 1.165) is 0 Å². The smallest absolute Gasteiger partial charge is 0.326 e. The van der Waals surface area contributed by atoms with Crippen LogP contribution in [0, 0.1) is 23.1 Å². The molecule has 3 aromatic carbocycles. The van der Waals surface area contributed by atoms with E-state index in [0.29, 0.717) is 22.7 Å². The van der Waals surface area contributed by atoms with Gasteiger partial charge in [0.25, 0.3) is 0 Å². The number of carboxylic acid groups (broad SMARTS) is 1. The summed E-state index contributed by atoms with van der Waals surface area (Å²) in [4.78, 5) is 11.9. The monoisotopic (exact) mass is 448 g/mol. The highest BCUT2D eigenvalue weighted by molar-refractivity contribution is 5.77. The van der Waals surface area contributed by atoms with E-state index in [1.807, 2.05) is 6.07 Å². The fourth-order valence-electron chi connectivity index (χ4n) is 3.52. The maximum Gasteiger partial charge on any atom is 0.326 e. The van der Waals surface area contributed by atoms with Gasteiger partial charge in [-0.15, -0.1) is 0 Å². The molecule has 0 aromatic heterocycles. The van der Waals surface area contributed by atoms with Crippen molar-refractivity contribution in [1.29, 1.82) is 5.26 Å². The Labute approximate surface area is 192 Å². The van der Waals surface area contributed by atoms with Crippen LogP contribution in [0.15, 0.2) is 72.8 Å². The zero-order valence-electron chi connectivity index (χ0n) is 18.4. The van der Waals surface area contributed by atoms with E-state index < -0.39 is 29.7 Å². The van der Waals surface area contributed by atoms with Crippen LogP contribution in [0.5, 0.6) is 17.2 Å². The summed E-state index contributed by atoms with van der Waals surface area (Å²) in [6, 6.07) is 21.3. The summed E-state index contributed by atoms with van der Waals surface area (Å²) in [6.07, 6.45) is 0.257. The maximum atomic E-state index is 14.3. The number of nitriles is 1. The van der Waals surface area contributed by atoms with Gasteiger partial charge < -0.3 is 19.9 Å². The predicted molar refractivity (Wildman–Crippen MR) is 123 cm³/mol. The number of benzene rings is 3. The van der Waals surface area contributed by atoms with Crippen molar-refractivity contribution in [3.8, 4) is 23.3 Å². The number of nitrogens with zero attached hydrogens (tertiary/aromatic N) is 1. The van der Waals surface area contributed by atoms with Crippen LogP contribution in [-0.2, 0) is 4.79 Å². The van der Waals surface area contributed by atoms with Gasteiger partial charge in [-0.1, -0.05) is 31.2 Å². The Bertz CT molecular complexity index is 1110. The molecule has 0 aliphatic rings. The summed E-state index contributed by atoms with van der Waals surface area (Å²) in [5, 5.41) is 22.6. The molecular weight excluding hydrogens is 423 g/mol. The molecule has 0 bridgehead atoms. The van der Waals surface area contributed by atoms with Gasteiger partial charge in [0.2, 0.25) is 0 Å². The van der Waals surface area contributed by atoms with E-state index >= 15 is 0 Å². The van der Waals surface area contributed by atoms with Gasteiger partial charge in [-0.25, -0.2) is 9.18 Å². The Morgan fingerprint density at radius 1 is 1.09 bits per heavy atom. The Morgan fingerprint density at radius 2 is 1.79 bits per heavy atom. The highest BCUT2D eigenvalue weighted by Crippen LogP contribution is 2.32. The quantitative estimate of drug-likeness (QED) is 0.406. The van der Waals surface area contributed by atoms with E-state index in [2.05, 4.69) is 11.4 Å². The number of methoxy groups -OCH3 is 1. The number of carboxylic acids is 1. The number of hydrogen-bond acceptors (Lipinski definition) is 5. The van der Waals surface area contributed by atoms with Gasteiger partial charge in [-0.3, -0.25) is 0 Å². The van der Waals surface area contributed by atoms with Crippen LogP contribution in [0.2, 0.25) is 0 Å². The number of halogens is 1. The number of hydrogen-bond donors (Lipinski definition) is 2. The minimum atomic E-state index is -1.03. The molecule has 0 heterocycles. The number of ether oxygens (including phenoxy) is 2. The van der Waals surface area contributed by atoms with Crippen LogP contribution in [0.1, 0.15) is 24.8 Å². The summed E-state index contributed by atoms with van der Waals surface area (Å²) in [5.41, 5.74) is 1.19. The molecule has 7 heteroatoms. The van der Waals surface area contributed by atoms with Crippen LogP contribution in [0.25, 0.3) is 0 Å². The lowest BCUT2D eigenvalue weighted by Gasteiger charge is -2.24. The van der Waals surface area contributed by atoms with Gasteiger partial charge in [-0.2, -0.15) is 5.26 Å². The minimum Gasteiger partial charge on any atom is -0.497 e. The lowest BCUT2D eigenvalue weighted by molar-refractivity contribution is -0.139. The second kappa shape index (κ2) is 11.0. The van der Waals surface area contributed by atoms with Crippen LogP contribution in [0.4, 0.5) is 10.1 Å². The van der Waals surface area contributed by atoms with Crippen LogP contribution in [0.3, 0.4) is 0 Å². The average Bonchev–Trinajstić information content (AvgIpc) is 2.83. The summed E-state index contributed by atoms with van der Waals surface area (Å²) in [7, 11) is 1.55. The van der Waals surface area contributed by atoms with Gasteiger partial charge in [0.15, 0.2) is 11.6 Å². The zero-order valence-corrected chi connectivity index (χ0v) is 18.4. The Balaban J connectivity index is 1.75.